The summed E-state index contributed by atoms with van der Waals surface area (Å²) in [5, 5.41) is 22.1. The van der Waals surface area contributed by atoms with Gasteiger partial charge in [0.25, 0.3) is 11.2 Å². The van der Waals surface area contributed by atoms with Crippen molar-refractivity contribution in [1.82, 2.24) is 24.4 Å². The van der Waals surface area contributed by atoms with E-state index in [9.17, 15) is 14.9 Å². The number of hydrogen-bond donors (Lipinski definition) is 1. The number of nitrogens with zero attached hydrogens (tertiary/aromatic N) is 6. The summed E-state index contributed by atoms with van der Waals surface area (Å²) in [5.41, 5.74) is 1.64. The SMILES string of the molecule is O=c1c(Cl)c(NCc2ccnc3ccnn23)cnn1-c1ccc([N+](=O)[O-])cc1. The Morgan fingerprint density at radius 2 is 1.89 bits per heavy atom. The van der Waals surface area contributed by atoms with E-state index in [2.05, 4.69) is 20.5 Å². The fourth-order valence-electron chi connectivity index (χ4n) is 2.66. The minimum Gasteiger partial charge on any atom is -0.377 e. The molecule has 4 rings (SSSR count). The first-order chi connectivity index (χ1) is 13.5. The van der Waals surface area contributed by atoms with E-state index in [0.717, 1.165) is 10.4 Å². The van der Waals surface area contributed by atoms with Crippen LogP contribution < -0.4 is 10.9 Å². The first-order valence-corrected chi connectivity index (χ1v) is 8.46. The second-order valence-electron chi connectivity index (χ2n) is 5.75. The highest BCUT2D eigenvalue weighted by atomic mass is 35.5. The van der Waals surface area contributed by atoms with E-state index in [-0.39, 0.29) is 10.7 Å². The van der Waals surface area contributed by atoms with Crippen molar-refractivity contribution in [3.05, 3.63) is 86.2 Å². The average Bonchev–Trinajstić information content (AvgIpc) is 3.19. The fraction of sp³-hybridized carbons (Fsp3) is 0.0588. The third kappa shape index (κ3) is 3.16. The van der Waals surface area contributed by atoms with Crippen LogP contribution in [0.15, 0.2) is 59.8 Å². The van der Waals surface area contributed by atoms with Gasteiger partial charge in [-0.2, -0.15) is 14.9 Å². The summed E-state index contributed by atoms with van der Waals surface area (Å²) in [6.07, 6.45) is 4.73. The first kappa shape index (κ1) is 17.6. The maximum Gasteiger partial charge on any atom is 0.292 e. The molecule has 0 radical (unpaired) electrons. The Morgan fingerprint density at radius 3 is 2.64 bits per heavy atom. The van der Waals surface area contributed by atoms with Crippen molar-refractivity contribution in [3.8, 4) is 5.69 Å². The van der Waals surface area contributed by atoms with Crippen LogP contribution in [0.3, 0.4) is 0 Å². The quantitative estimate of drug-likeness (QED) is 0.405. The Bertz CT molecular complexity index is 1230. The molecule has 0 amide bonds. The van der Waals surface area contributed by atoms with Crippen molar-refractivity contribution in [2.24, 2.45) is 0 Å². The van der Waals surface area contributed by atoms with Gasteiger partial charge in [-0.1, -0.05) is 11.6 Å². The number of non-ortho nitro benzene ring substituents is 1. The zero-order chi connectivity index (χ0) is 19.7. The lowest BCUT2D eigenvalue weighted by molar-refractivity contribution is -0.384. The van der Waals surface area contributed by atoms with Crippen LogP contribution in [0.25, 0.3) is 11.3 Å². The molecular weight excluding hydrogens is 386 g/mol. The monoisotopic (exact) mass is 397 g/mol. The molecule has 0 aliphatic rings. The molecule has 0 bridgehead atoms. The number of nitro groups is 1. The van der Waals surface area contributed by atoms with E-state index in [1.54, 1.807) is 29.0 Å². The number of nitrogens with one attached hydrogen (secondary N) is 1. The van der Waals surface area contributed by atoms with Crippen molar-refractivity contribution in [2.45, 2.75) is 6.54 Å². The minimum atomic E-state index is -0.542. The van der Waals surface area contributed by atoms with Crippen molar-refractivity contribution >= 4 is 28.6 Å². The molecule has 0 saturated heterocycles. The predicted octanol–water partition coefficient (Wildman–Crippen LogP) is 2.45. The van der Waals surface area contributed by atoms with E-state index in [1.165, 1.54) is 30.5 Å². The van der Waals surface area contributed by atoms with Crippen molar-refractivity contribution in [1.29, 1.82) is 0 Å². The molecule has 0 aliphatic carbocycles. The molecule has 11 heteroatoms. The zero-order valence-corrected chi connectivity index (χ0v) is 14.9. The molecule has 1 N–H and O–H groups in total. The second kappa shape index (κ2) is 7.08. The Balaban J connectivity index is 1.60. The Labute approximate surface area is 162 Å². The molecule has 0 spiro atoms. The molecule has 0 unspecified atom stereocenters. The lowest BCUT2D eigenvalue weighted by atomic mass is 10.3. The Hall–Kier alpha value is -3.79. The molecule has 0 fully saturated rings. The third-order valence-corrected chi connectivity index (χ3v) is 4.42. The second-order valence-corrected chi connectivity index (χ2v) is 6.13. The number of rotatable bonds is 5. The predicted molar refractivity (Wildman–Crippen MR) is 102 cm³/mol. The Kier molecular flexibility index (Phi) is 4.45. The topological polar surface area (TPSA) is 120 Å². The molecule has 0 atom stereocenters. The highest BCUT2D eigenvalue weighted by Crippen LogP contribution is 2.19. The van der Waals surface area contributed by atoms with Crippen LogP contribution in [0.1, 0.15) is 5.69 Å². The van der Waals surface area contributed by atoms with E-state index in [1.807, 2.05) is 0 Å². The van der Waals surface area contributed by atoms with Crippen LogP contribution >= 0.6 is 11.6 Å². The number of aromatic nitrogens is 5. The smallest absolute Gasteiger partial charge is 0.292 e. The largest absolute Gasteiger partial charge is 0.377 e. The normalized spacial score (nSPS) is 10.9. The zero-order valence-electron chi connectivity index (χ0n) is 14.2. The summed E-state index contributed by atoms with van der Waals surface area (Å²) in [4.78, 5) is 27.0. The molecule has 1 aromatic carbocycles. The summed E-state index contributed by atoms with van der Waals surface area (Å²) in [6.45, 7) is 0.350. The van der Waals surface area contributed by atoms with Gasteiger partial charge in [0.15, 0.2) is 5.65 Å². The molecule has 0 saturated carbocycles. The molecule has 4 aromatic rings. The van der Waals surface area contributed by atoms with Gasteiger partial charge in [0, 0.05) is 24.4 Å². The van der Waals surface area contributed by atoms with Crippen molar-refractivity contribution in [3.63, 3.8) is 0 Å². The van der Waals surface area contributed by atoms with E-state index in [4.69, 9.17) is 11.6 Å². The summed E-state index contributed by atoms with van der Waals surface area (Å²) in [6, 6.07) is 9.03. The highest BCUT2D eigenvalue weighted by molar-refractivity contribution is 6.32. The van der Waals surface area contributed by atoms with Crippen LogP contribution in [0, 0.1) is 10.1 Å². The summed E-state index contributed by atoms with van der Waals surface area (Å²) in [5.74, 6) is 0. The van der Waals surface area contributed by atoms with Gasteiger partial charge in [-0.3, -0.25) is 14.9 Å². The molecule has 3 aromatic heterocycles. The number of halogens is 1. The molecule has 10 nitrogen and oxygen atoms in total. The van der Waals surface area contributed by atoms with Gasteiger partial charge in [-0.15, -0.1) is 0 Å². The number of hydrogen-bond acceptors (Lipinski definition) is 7. The standard InChI is InChI=1S/C17H12ClN7O3/c18-16-14(20-9-13-5-7-19-15-6-8-21-23(13)15)10-22-24(17(16)26)11-1-3-12(4-2-11)25(27)28/h1-8,10,20H,9H2. The number of benzene rings is 1. The van der Waals surface area contributed by atoms with E-state index < -0.39 is 10.5 Å². The lowest BCUT2D eigenvalue weighted by Gasteiger charge is -2.11. The molecule has 3 heterocycles. The number of fused-ring (bicyclic) bond motifs is 1. The molecule has 28 heavy (non-hydrogen) atoms. The number of anilines is 1. The first-order valence-electron chi connectivity index (χ1n) is 8.09. The van der Waals surface area contributed by atoms with Gasteiger partial charge in [-0.05, 0) is 18.2 Å². The lowest BCUT2D eigenvalue weighted by Crippen LogP contribution is -2.22. The third-order valence-electron chi connectivity index (χ3n) is 4.05. The van der Waals surface area contributed by atoms with Gasteiger partial charge >= 0.3 is 0 Å². The Morgan fingerprint density at radius 1 is 1.11 bits per heavy atom. The summed E-state index contributed by atoms with van der Waals surface area (Å²) < 4.78 is 2.75. The van der Waals surface area contributed by atoms with Crippen molar-refractivity contribution < 1.29 is 4.92 Å². The maximum atomic E-state index is 12.6. The summed E-state index contributed by atoms with van der Waals surface area (Å²) >= 11 is 6.21. The molecule has 140 valence electrons. The molecule has 0 aliphatic heterocycles. The van der Waals surface area contributed by atoms with Crippen LogP contribution in [-0.4, -0.2) is 29.3 Å². The average molecular weight is 398 g/mol. The van der Waals surface area contributed by atoms with Crippen molar-refractivity contribution in [2.75, 3.05) is 5.32 Å². The maximum absolute atomic E-state index is 12.6. The van der Waals surface area contributed by atoms with Gasteiger partial charge in [0.1, 0.15) is 5.02 Å². The highest BCUT2D eigenvalue weighted by Gasteiger charge is 2.13. The van der Waals surface area contributed by atoms with E-state index >= 15 is 0 Å². The fourth-order valence-corrected chi connectivity index (χ4v) is 2.86. The van der Waals surface area contributed by atoms with Crippen LogP contribution in [0.2, 0.25) is 5.02 Å². The van der Waals surface area contributed by atoms with Crippen LogP contribution in [0.5, 0.6) is 0 Å². The minimum absolute atomic E-state index is 0.0425. The number of nitro benzene ring substituents is 1. The van der Waals surface area contributed by atoms with Gasteiger partial charge in [0.05, 0.1) is 40.9 Å². The van der Waals surface area contributed by atoms with Crippen LogP contribution in [-0.2, 0) is 6.54 Å². The van der Waals surface area contributed by atoms with Gasteiger partial charge in [-0.25, -0.2) is 9.50 Å². The van der Waals surface area contributed by atoms with Gasteiger partial charge < -0.3 is 5.32 Å². The van der Waals surface area contributed by atoms with Crippen LogP contribution in [0.4, 0.5) is 11.4 Å². The van der Waals surface area contributed by atoms with Gasteiger partial charge in [0.2, 0.25) is 0 Å². The molecular formula is C17H12ClN7O3. The van der Waals surface area contributed by atoms with E-state index in [0.29, 0.717) is 23.6 Å². The summed E-state index contributed by atoms with van der Waals surface area (Å²) in [7, 11) is 0.